The summed E-state index contributed by atoms with van der Waals surface area (Å²) in [5.41, 5.74) is 0.268. The fraction of sp³-hybridized carbons (Fsp3) is 0.214. The third-order valence-corrected chi connectivity index (χ3v) is 3.25. The molecule has 0 aliphatic heterocycles. The Bertz CT molecular complexity index is 470. The second-order valence-corrected chi connectivity index (χ2v) is 4.49. The van der Waals surface area contributed by atoms with Gasteiger partial charge >= 0.3 is 6.03 Å². The van der Waals surface area contributed by atoms with Crippen LogP contribution in [-0.2, 0) is 0 Å². The predicted octanol–water partition coefficient (Wildman–Crippen LogP) is 3.30. The molecule has 1 unspecified atom stereocenters. The van der Waals surface area contributed by atoms with E-state index < -0.39 is 5.54 Å². The average molecular weight is 263 g/mol. The van der Waals surface area contributed by atoms with Crippen LogP contribution in [-0.4, -0.2) is 17.5 Å². The van der Waals surface area contributed by atoms with Crippen molar-refractivity contribution in [3.8, 4) is 0 Å². The summed E-state index contributed by atoms with van der Waals surface area (Å²) < 4.78 is 0. The van der Waals surface area contributed by atoms with Crippen molar-refractivity contribution in [3.05, 3.63) is 54.6 Å². The molecular formula is C14H15ClN2O. The number of urea groups is 1. The number of nitrogens with one attached hydrogen (secondary N) is 2. The highest BCUT2D eigenvalue weighted by molar-refractivity contribution is 6.19. The van der Waals surface area contributed by atoms with Crippen LogP contribution in [0.4, 0.5) is 10.5 Å². The number of alkyl halides is 1. The molecule has 1 atom stereocenters. The van der Waals surface area contributed by atoms with E-state index in [1.165, 1.54) is 0 Å². The van der Waals surface area contributed by atoms with Crippen molar-refractivity contribution in [3.63, 3.8) is 0 Å². The summed E-state index contributed by atoms with van der Waals surface area (Å²) in [4.78, 5) is 11.9. The van der Waals surface area contributed by atoms with Gasteiger partial charge in [-0.1, -0.05) is 42.5 Å². The number of allylic oxidation sites excluding steroid dienone is 2. The van der Waals surface area contributed by atoms with Gasteiger partial charge in [0.05, 0.1) is 5.54 Å². The first-order chi connectivity index (χ1) is 8.74. The minimum atomic E-state index is -0.491. The third kappa shape index (κ3) is 3.14. The van der Waals surface area contributed by atoms with Crippen molar-refractivity contribution in [2.24, 2.45) is 0 Å². The first-order valence-corrected chi connectivity index (χ1v) is 6.32. The molecule has 2 amide bonds. The van der Waals surface area contributed by atoms with Crippen molar-refractivity contribution < 1.29 is 4.79 Å². The maximum atomic E-state index is 11.9. The summed E-state index contributed by atoms with van der Waals surface area (Å²) in [6, 6.07) is 9.07. The van der Waals surface area contributed by atoms with Gasteiger partial charge in [-0.15, -0.1) is 11.6 Å². The molecule has 1 aromatic carbocycles. The molecule has 2 rings (SSSR count). The number of benzene rings is 1. The Morgan fingerprint density at radius 3 is 2.67 bits per heavy atom. The molecular weight excluding hydrogens is 248 g/mol. The van der Waals surface area contributed by atoms with E-state index >= 15 is 0 Å². The van der Waals surface area contributed by atoms with Crippen molar-refractivity contribution in [2.75, 3.05) is 11.2 Å². The van der Waals surface area contributed by atoms with Gasteiger partial charge < -0.3 is 10.6 Å². The van der Waals surface area contributed by atoms with Gasteiger partial charge in [0.15, 0.2) is 0 Å². The zero-order valence-corrected chi connectivity index (χ0v) is 10.7. The molecule has 0 radical (unpaired) electrons. The smallest absolute Gasteiger partial charge is 0.319 e. The van der Waals surface area contributed by atoms with Crippen LogP contribution in [0.2, 0.25) is 0 Å². The lowest BCUT2D eigenvalue weighted by atomic mass is 9.93. The summed E-state index contributed by atoms with van der Waals surface area (Å²) in [5.74, 6) is 0.343. The van der Waals surface area contributed by atoms with Gasteiger partial charge in [0.1, 0.15) is 0 Å². The summed E-state index contributed by atoms with van der Waals surface area (Å²) in [7, 11) is 0. The van der Waals surface area contributed by atoms with Gasteiger partial charge in [0.25, 0.3) is 0 Å². The minimum absolute atomic E-state index is 0.248. The van der Waals surface area contributed by atoms with Crippen LogP contribution in [0.25, 0.3) is 0 Å². The van der Waals surface area contributed by atoms with Crippen LogP contribution in [0.1, 0.15) is 6.42 Å². The fourth-order valence-electron chi connectivity index (χ4n) is 1.80. The van der Waals surface area contributed by atoms with E-state index in [4.69, 9.17) is 11.6 Å². The minimum Gasteiger partial charge on any atom is -0.327 e. The number of hydrogen-bond donors (Lipinski definition) is 2. The molecule has 1 aliphatic rings. The number of amides is 2. The van der Waals surface area contributed by atoms with Crippen LogP contribution in [0, 0.1) is 0 Å². The molecule has 1 aliphatic carbocycles. The summed E-state index contributed by atoms with van der Waals surface area (Å²) in [6.07, 6.45) is 8.46. The zero-order valence-electron chi connectivity index (χ0n) is 9.90. The summed E-state index contributed by atoms with van der Waals surface area (Å²) >= 11 is 5.96. The maximum Gasteiger partial charge on any atom is 0.319 e. The lowest BCUT2D eigenvalue weighted by molar-refractivity contribution is 0.245. The van der Waals surface area contributed by atoms with Gasteiger partial charge in [0.2, 0.25) is 0 Å². The first-order valence-electron chi connectivity index (χ1n) is 5.79. The quantitative estimate of drug-likeness (QED) is 0.807. The normalized spacial score (nSPS) is 21.6. The molecule has 0 saturated heterocycles. The average Bonchev–Trinajstić information content (AvgIpc) is 2.41. The monoisotopic (exact) mass is 262 g/mol. The Hall–Kier alpha value is -1.74. The molecule has 4 heteroatoms. The second kappa shape index (κ2) is 5.74. The van der Waals surface area contributed by atoms with E-state index in [1.54, 1.807) is 0 Å². The number of rotatable bonds is 3. The Kier molecular flexibility index (Phi) is 4.05. The SMILES string of the molecule is O=C(Nc1ccccc1)NC1(CCl)C=CC=CC1. The number of hydrogen-bond acceptors (Lipinski definition) is 1. The van der Waals surface area contributed by atoms with E-state index in [9.17, 15) is 4.79 Å². The second-order valence-electron chi connectivity index (χ2n) is 4.23. The van der Waals surface area contributed by atoms with E-state index in [2.05, 4.69) is 10.6 Å². The Labute approximate surface area is 112 Å². The lowest BCUT2D eigenvalue weighted by Crippen LogP contribution is -2.50. The van der Waals surface area contributed by atoms with Gasteiger partial charge in [0, 0.05) is 11.6 Å². The van der Waals surface area contributed by atoms with Crippen LogP contribution in [0.5, 0.6) is 0 Å². The maximum absolute atomic E-state index is 11.9. The number of carbonyl (C=O) groups excluding carboxylic acids is 1. The first kappa shape index (κ1) is 12.7. The molecule has 18 heavy (non-hydrogen) atoms. The standard InChI is InChI=1S/C14H15ClN2O/c15-11-14(9-5-2-6-10-14)17-13(18)16-12-7-3-1-4-8-12/h1-9H,10-11H2,(H2,16,17,18). The van der Waals surface area contributed by atoms with E-state index in [0.29, 0.717) is 12.3 Å². The molecule has 94 valence electrons. The highest BCUT2D eigenvalue weighted by Crippen LogP contribution is 2.19. The molecule has 0 bridgehead atoms. The molecule has 0 saturated carbocycles. The van der Waals surface area contributed by atoms with Crippen LogP contribution in [0.15, 0.2) is 54.6 Å². The number of para-hydroxylation sites is 1. The Morgan fingerprint density at radius 1 is 1.28 bits per heavy atom. The third-order valence-electron chi connectivity index (χ3n) is 2.78. The molecule has 0 spiro atoms. The Balaban J connectivity index is 1.98. The van der Waals surface area contributed by atoms with Gasteiger partial charge in [-0.2, -0.15) is 0 Å². The number of halogens is 1. The Morgan fingerprint density at radius 2 is 2.06 bits per heavy atom. The lowest BCUT2D eigenvalue weighted by Gasteiger charge is -2.30. The highest BCUT2D eigenvalue weighted by Gasteiger charge is 2.27. The number of anilines is 1. The summed E-state index contributed by atoms with van der Waals surface area (Å²) in [5, 5.41) is 5.69. The van der Waals surface area contributed by atoms with Crippen LogP contribution < -0.4 is 10.6 Å². The van der Waals surface area contributed by atoms with Gasteiger partial charge in [-0.05, 0) is 18.6 Å². The molecule has 1 aromatic rings. The number of carbonyl (C=O) groups is 1. The molecule has 0 heterocycles. The van der Waals surface area contributed by atoms with E-state index in [0.717, 1.165) is 5.69 Å². The zero-order chi connectivity index (χ0) is 12.8. The van der Waals surface area contributed by atoms with E-state index in [-0.39, 0.29) is 6.03 Å². The topological polar surface area (TPSA) is 41.1 Å². The van der Waals surface area contributed by atoms with Crippen LogP contribution >= 0.6 is 11.6 Å². The van der Waals surface area contributed by atoms with Crippen molar-refractivity contribution in [2.45, 2.75) is 12.0 Å². The molecule has 0 fully saturated rings. The molecule has 2 N–H and O–H groups in total. The molecule has 3 nitrogen and oxygen atoms in total. The largest absolute Gasteiger partial charge is 0.327 e. The van der Waals surface area contributed by atoms with Gasteiger partial charge in [-0.3, -0.25) is 0 Å². The summed E-state index contributed by atoms with van der Waals surface area (Å²) in [6.45, 7) is 0. The predicted molar refractivity (Wildman–Crippen MR) is 74.9 cm³/mol. The molecule has 0 aromatic heterocycles. The van der Waals surface area contributed by atoms with E-state index in [1.807, 2.05) is 54.6 Å². The van der Waals surface area contributed by atoms with Crippen molar-refractivity contribution in [1.29, 1.82) is 0 Å². The van der Waals surface area contributed by atoms with Crippen LogP contribution in [0.3, 0.4) is 0 Å². The highest BCUT2D eigenvalue weighted by atomic mass is 35.5. The van der Waals surface area contributed by atoms with Gasteiger partial charge in [-0.25, -0.2) is 4.79 Å². The van der Waals surface area contributed by atoms with Crippen molar-refractivity contribution >= 4 is 23.3 Å². The van der Waals surface area contributed by atoms with Crippen molar-refractivity contribution in [1.82, 2.24) is 5.32 Å². The fourth-order valence-corrected chi connectivity index (χ4v) is 2.06.